The first-order valence-electron chi connectivity index (χ1n) is 13.3. The monoisotopic (exact) mass is 396 g/mol. The van der Waals surface area contributed by atoms with E-state index in [4.69, 9.17) is 0 Å². The fraction of sp³-hybridized carbons (Fsp3) is 1.00. The van der Waals surface area contributed by atoms with Crippen molar-refractivity contribution in [3.8, 4) is 0 Å². The number of nitrogens with one attached hydrogen (secondary N) is 2. The molecule has 0 heterocycles. The Morgan fingerprint density at radius 1 is 0.286 bits per heavy atom. The van der Waals surface area contributed by atoms with E-state index < -0.39 is 0 Å². The molecule has 0 atom stereocenters. The van der Waals surface area contributed by atoms with Crippen LogP contribution in [-0.4, -0.2) is 26.2 Å². The highest BCUT2D eigenvalue weighted by Crippen LogP contribution is 2.11. The van der Waals surface area contributed by atoms with Crippen LogP contribution in [0.2, 0.25) is 0 Å². The molecule has 0 amide bonds. The molecule has 0 saturated heterocycles. The lowest BCUT2D eigenvalue weighted by Crippen LogP contribution is -2.28. The van der Waals surface area contributed by atoms with E-state index in [-0.39, 0.29) is 0 Å². The first kappa shape index (κ1) is 27.9. The predicted molar refractivity (Wildman–Crippen MR) is 129 cm³/mol. The molecule has 0 aromatic heterocycles. The molecule has 0 rings (SSSR count). The van der Waals surface area contributed by atoms with Crippen molar-refractivity contribution < 1.29 is 0 Å². The van der Waals surface area contributed by atoms with Gasteiger partial charge < -0.3 is 10.6 Å². The van der Waals surface area contributed by atoms with E-state index in [0.717, 1.165) is 13.1 Å². The highest BCUT2D eigenvalue weighted by molar-refractivity contribution is 4.55. The second-order valence-corrected chi connectivity index (χ2v) is 8.86. The molecule has 0 spiro atoms. The van der Waals surface area contributed by atoms with Crippen molar-refractivity contribution in [2.75, 3.05) is 26.2 Å². The molecule has 170 valence electrons. The summed E-state index contributed by atoms with van der Waals surface area (Å²) >= 11 is 0. The van der Waals surface area contributed by atoms with Gasteiger partial charge in [-0.3, -0.25) is 0 Å². The van der Waals surface area contributed by atoms with E-state index >= 15 is 0 Å². The smallest absolute Gasteiger partial charge is 0.00767 e. The lowest BCUT2D eigenvalue weighted by molar-refractivity contribution is 0.527. The maximum absolute atomic E-state index is 3.59. The van der Waals surface area contributed by atoms with Crippen LogP contribution in [0.4, 0.5) is 0 Å². The molecular weight excluding hydrogens is 340 g/mol. The minimum atomic E-state index is 1.13. The van der Waals surface area contributed by atoms with Gasteiger partial charge >= 0.3 is 0 Å². The van der Waals surface area contributed by atoms with Crippen LogP contribution in [0, 0.1) is 0 Å². The van der Waals surface area contributed by atoms with E-state index in [1.165, 1.54) is 142 Å². The third-order valence-electron chi connectivity index (χ3n) is 5.89. The minimum absolute atomic E-state index is 1.13. The molecule has 0 radical (unpaired) electrons. The van der Waals surface area contributed by atoms with Crippen LogP contribution in [0.1, 0.15) is 142 Å². The van der Waals surface area contributed by atoms with Crippen LogP contribution in [0.5, 0.6) is 0 Å². The molecule has 0 bridgehead atoms. The fourth-order valence-corrected chi connectivity index (χ4v) is 3.90. The highest BCUT2D eigenvalue weighted by atomic mass is 14.9. The highest BCUT2D eigenvalue weighted by Gasteiger charge is 1.94. The Bertz CT molecular complexity index is 229. The summed E-state index contributed by atoms with van der Waals surface area (Å²) in [6.45, 7) is 9.27. The summed E-state index contributed by atoms with van der Waals surface area (Å²) in [5, 5.41) is 7.18. The van der Waals surface area contributed by atoms with Crippen molar-refractivity contribution in [1.29, 1.82) is 0 Å². The van der Waals surface area contributed by atoms with E-state index in [2.05, 4.69) is 24.5 Å². The topological polar surface area (TPSA) is 24.1 Å². The fourth-order valence-electron chi connectivity index (χ4n) is 3.90. The lowest BCUT2D eigenvalue weighted by Gasteiger charge is -2.07. The summed E-state index contributed by atoms with van der Waals surface area (Å²) in [4.78, 5) is 0. The summed E-state index contributed by atoms with van der Waals surface area (Å²) < 4.78 is 0. The zero-order valence-electron chi connectivity index (χ0n) is 20.0. The Labute approximate surface area is 179 Å². The first-order valence-corrected chi connectivity index (χ1v) is 13.3. The first-order chi connectivity index (χ1) is 13.9. The van der Waals surface area contributed by atoms with Gasteiger partial charge in [0.05, 0.1) is 0 Å². The Morgan fingerprint density at radius 3 is 0.821 bits per heavy atom. The van der Waals surface area contributed by atoms with Gasteiger partial charge in [0.25, 0.3) is 0 Å². The van der Waals surface area contributed by atoms with Crippen molar-refractivity contribution in [3.63, 3.8) is 0 Å². The Kier molecular flexibility index (Phi) is 26.8. The molecule has 0 aromatic rings. The molecule has 28 heavy (non-hydrogen) atoms. The van der Waals surface area contributed by atoms with Crippen molar-refractivity contribution in [3.05, 3.63) is 0 Å². The average Bonchev–Trinajstić information content (AvgIpc) is 2.71. The van der Waals surface area contributed by atoms with Crippen molar-refractivity contribution in [2.45, 2.75) is 142 Å². The summed E-state index contributed by atoms with van der Waals surface area (Å²) in [6.07, 6.45) is 28.6. The van der Waals surface area contributed by atoms with Gasteiger partial charge in [-0.15, -0.1) is 0 Å². The molecule has 0 aliphatic rings. The maximum atomic E-state index is 3.59. The average molecular weight is 397 g/mol. The molecule has 0 fully saturated rings. The summed E-state index contributed by atoms with van der Waals surface area (Å²) in [5.74, 6) is 0. The van der Waals surface area contributed by atoms with E-state index in [9.17, 15) is 0 Å². The van der Waals surface area contributed by atoms with Gasteiger partial charge in [0.2, 0.25) is 0 Å². The second-order valence-electron chi connectivity index (χ2n) is 8.86. The van der Waals surface area contributed by atoms with Crippen molar-refractivity contribution in [1.82, 2.24) is 10.6 Å². The van der Waals surface area contributed by atoms with E-state index in [0.29, 0.717) is 0 Å². The van der Waals surface area contributed by atoms with Crippen LogP contribution in [0.3, 0.4) is 0 Å². The van der Waals surface area contributed by atoms with Crippen LogP contribution >= 0.6 is 0 Å². The molecule has 0 aliphatic carbocycles. The molecule has 0 aromatic carbocycles. The van der Waals surface area contributed by atoms with Gasteiger partial charge in [0.1, 0.15) is 0 Å². The third kappa shape index (κ3) is 25.9. The van der Waals surface area contributed by atoms with Gasteiger partial charge in [-0.1, -0.05) is 129 Å². The minimum Gasteiger partial charge on any atom is -0.315 e. The largest absolute Gasteiger partial charge is 0.315 e. The van der Waals surface area contributed by atoms with E-state index in [1.807, 2.05) is 0 Å². The Balaban J connectivity index is 2.96. The van der Waals surface area contributed by atoms with Gasteiger partial charge in [-0.05, 0) is 25.9 Å². The SMILES string of the molecule is CCCCCCCCCCCCNCCNCCCCCCCCCCCC. The maximum Gasteiger partial charge on any atom is 0.00767 e. The molecule has 0 unspecified atom stereocenters. The van der Waals surface area contributed by atoms with Gasteiger partial charge in [-0.2, -0.15) is 0 Å². The van der Waals surface area contributed by atoms with Crippen LogP contribution in [0.15, 0.2) is 0 Å². The van der Waals surface area contributed by atoms with Gasteiger partial charge in [0, 0.05) is 13.1 Å². The van der Waals surface area contributed by atoms with Crippen molar-refractivity contribution >= 4 is 0 Å². The summed E-state index contributed by atoms with van der Waals surface area (Å²) in [5.41, 5.74) is 0. The van der Waals surface area contributed by atoms with Crippen LogP contribution in [-0.2, 0) is 0 Å². The zero-order valence-corrected chi connectivity index (χ0v) is 20.0. The standard InChI is InChI=1S/C26H56N2/c1-3-5-7-9-11-13-15-17-19-21-23-27-25-26-28-24-22-20-18-16-14-12-10-8-6-4-2/h27-28H,3-26H2,1-2H3. The molecule has 2 nitrogen and oxygen atoms in total. The quantitative estimate of drug-likeness (QED) is 0.153. The normalized spacial score (nSPS) is 11.4. The van der Waals surface area contributed by atoms with Crippen LogP contribution in [0.25, 0.3) is 0 Å². The second kappa shape index (κ2) is 26.9. The van der Waals surface area contributed by atoms with Gasteiger partial charge in [0.15, 0.2) is 0 Å². The molecule has 0 saturated carbocycles. The molecule has 2 heteroatoms. The molecular formula is C26H56N2. The summed E-state index contributed by atoms with van der Waals surface area (Å²) in [6, 6.07) is 0. The Hall–Kier alpha value is -0.0800. The van der Waals surface area contributed by atoms with E-state index in [1.54, 1.807) is 0 Å². The van der Waals surface area contributed by atoms with Gasteiger partial charge in [-0.25, -0.2) is 0 Å². The van der Waals surface area contributed by atoms with Crippen molar-refractivity contribution in [2.24, 2.45) is 0 Å². The molecule has 2 N–H and O–H groups in total. The number of hydrogen-bond donors (Lipinski definition) is 2. The Morgan fingerprint density at radius 2 is 0.536 bits per heavy atom. The number of unbranched alkanes of at least 4 members (excludes halogenated alkanes) is 18. The molecule has 0 aliphatic heterocycles. The van der Waals surface area contributed by atoms with Crippen LogP contribution < -0.4 is 10.6 Å². The third-order valence-corrected chi connectivity index (χ3v) is 5.89. The zero-order chi connectivity index (χ0) is 20.4. The summed E-state index contributed by atoms with van der Waals surface area (Å²) in [7, 11) is 0. The number of rotatable bonds is 25. The lowest BCUT2D eigenvalue weighted by atomic mass is 10.1. The number of hydrogen-bond acceptors (Lipinski definition) is 2. The predicted octanol–water partition coefficient (Wildman–Crippen LogP) is 8.01.